The van der Waals surface area contributed by atoms with Crippen LogP contribution in [0.15, 0.2) is 53.8 Å². The average molecular weight is 391 g/mol. The van der Waals surface area contributed by atoms with E-state index in [1.54, 1.807) is 6.20 Å². The first kappa shape index (κ1) is 19.5. The van der Waals surface area contributed by atoms with E-state index in [-0.39, 0.29) is 5.91 Å². The third-order valence-electron chi connectivity index (χ3n) is 5.96. The molecule has 2 aliphatic rings. The van der Waals surface area contributed by atoms with Crippen molar-refractivity contribution >= 4 is 28.2 Å². The van der Waals surface area contributed by atoms with Crippen LogP contribution in [-0.2, 0) is 0 Å². The molecular weight excluding hydrogens is 360 g/mol. The topological polar surface area (TPSA) is 47.9 Å². The summed E-state index contributed by atoms with van der Waals surface area (Å²) in [4.78, 5) is 21.8. The molecule has 1 aliphatic carbocycles. The van der Waals surface area contributed by atoms with E-state index in [0.717, 1.165) is 28.9 Å². The molecule has 2 aromatic carbocycles. The second-order valence-electron chi connectivity index (χ2n) is 8.33. The van der Waals surface area contributed by atoms with Gasteiger partial charge >= 0.3 is 0 Å². The number of rotatable bonds is 4. The maximum atomic E-state index is 13.1. The monoisotopic (exact) mass is 390 g/mol. The zero-order valence-electron chi connectivity index (χ0n) is 17.4. The Hall–Kier alpha value is -2.82. The van der Waals surface area contributed by atoms with Gasteiger partial charge in [-0.15, -0.1) is 0 Å². The first-order valence-corrected chi connectivity index (χ1v) is 10.6. The van der Waals surface area contributed by atoms with Gasteiger partial charge in [0.15, 0.2) is 0 Å². The van der Waals surface area contributed by atoms with E-state index in [1.165, 1.54) is 32.1 Å². The molecule has 0 unspecified atom stereocenters. The second-order valence-corrected chi connectivity index (χ2v) is 8.33. The Balaban J connectivity index is 1.47. The minimum absolute atomic E-state index is 0.0989. The van der Waals surface area contributed by atoms with E-state index in [1.807, 2.05) is 50.6 Å². The summed E-state index contributed by atoms with van der Waals surface area (Å²) in [5.74, 6) is 1.37. The number of aliphatic imine (C=N–C) groups is 1. The van der Waals surface area contributed by atoms with Crippen LogP contribution in [-0.4, -0.2) is 43.8 Å². The maximum absolute atomic E-state index is 13.1. The zero-order chi connectivity index (χ0) is 20.2. The van der Waals surface area contributed by atoms with Crippen molar-refractivity contribution in [1.29, 1.82) is 0 Å². The van der Waals surface area contributed by atoms with Gasteiger partial charge in [0.25, 0.3) is 5.91 Å². The number of anilines is 1. The van der Waals surface area contributed by atoms with Crippen LogP contribution >= 0.6 is 0 Å². The number of carbonyl (C=O) groups excluding carboxylic acids is 1. The summed E-state index contributed by atoms with van der Waals surface area (Å²) in [5, 5.41) is 5.09. The Kier molecular flexibility index (Phi) is 5.84. The molecule has 152 valence electrons. The summed E-state index contributed by atoms with van der Waals surface area (Å²) in [6.07, 6.45) is 10.5. The van der Waals surface area contributed by atoms with E-state index < -0.39 is 0 Å². The highest BCUT2D eigenvalue weighted by molar-refractivity contribution is 6.15. The molecule has 0 aromatic heterocycles. The van der Waals surface area contributed by atoms with Crippen molar-refractivity contribution in [2.75, 3.05) is 32.1 Å². The van der Waals surface area contributed by atoms with E-state index >= 15 is 0 Å². The molecule has 1 aliphatic heterocycles. The Morgan fingerprint density at radius 3 is 2.62 bits per heavy atom. The van der Waals surface area contributed by atoms with Crippen LogP contribution in [0.4, 0.5) is 5.69 Å². The van der Waals surface area contributed by atoms with Crippen LogP contribution in [0.25, 0.3) is 10.8 Å². The molecule has 0 saturated heterocycles. The van der Waals surface area contributed by atoms with Crippen molar-refractivity contribution in [3.63, 3.8) is 0 Å². The van der Waals surface area contributed by atoms with Crippen molar-refractivity contribution in [1.82, 2.24) is 10.2 Å². The van der Waals surface area contributed by atoms with Crippen molar-refractivity contribution < 1.29 is 4.79 Å². The number of hydrogen-bond donors (Lipinski definition) is 1. The van der Waals surface area contributed by atoms with Crippen molar-refractivity contribution in [3.8, 4) is 0 Å². The molecule has 0 radical (unpaired) electrons. The minimum Gasteiger partial charge on any atom is -0.377 e. The lowest BCUT2D eigenvalue weighted by atomic mass is 9.89. The van der Waals surface area contributed by atoms with Gasteiger partial charge in [-0.25, -0.2) is 4.99 Å². The quantitative estimate of drug-likeness (QED) is 0.842. The van der Waals surface area contributed by atoms with E-state index in [9.17, 15) is 4.79 Å². The highest BCUT2D eigenvalue weighted by Crippen LogP contribution is 2.28. The maximum Gasteiger partial charge on any atom is 0.257 e. The van der Waals surface area contributed by atoms with Gasteiger partial charge in [-0.05, 0) is 36.3 Å². The fourth-order valence-electron chi connectivity index (χ4n) is 4.47. The van der Waals surface area contributed by atoms with Gasteiger partial charge < -0.3 is 15.1 Å². The number of benzene rings is 2. The Labute approximate surface area is 173 Å². The SMILES string of the molecule is CN(C)c1ccc(C(=O)NC2=NC=CN(CC3CCCCC3)C2)c2ccccc12. The first-order chi connectivity index (χ1) is 14.1. The summed E-state index contributed by atoms with van der Waals surface area (Å²) in [6, 6.07) is 12.0. The average Bonchev–Trinajstić information content (AvgIpc) is 2.73. The molecule has 0 spiro atoms. The van der Waals surface area contributed by atoms with Crippen molar-refractivity contribution in [3.05, 3.63) is 54.4 Å². The number of amidine groups is 1. The van der Waals surface area contributed by atoms with Gasteiger partial charge in [-0.3, -0.25) is 4.79 Å². The number of nitrogens with zero attached hydrogens (tertiary/aromatic N) is 3. The summed E-state index contributed by atoms with van der Waals surface area (Å²) >= 11 is 0. The van der Waals surface area contributed by atoms with Gasteiger partial charge in [0.1, 0.15) is 5.84 Å². The molecule has 0 atom stereocenters. The van der Waals surface area contributed by atoms with Gasteiger partial charge in [-0.1, -0.05) is 43.5 Å². The molecule has 29 heavy (non-hydrogen) atoms. The van der Waals surface area contributed by atoms with Gasteiger partial charge in [-0.2, -0.15) is 0 Å². The molecule has 2 aromatic rings. The highest BCUT2D eigenvalue weighted by Gasteiger charge is 2.20. The molecule has 4 rings (SSSR count). The van der Waals surface area contributed by atoms with Crippen molar-refractivity contribution in [2.45, 2.75) is 32.1 Å². The van der Waals surface area contributed by atoms with Crippen LogP contribution in [0, 0.1) is 5.92 Å². The number of fused-ring (bicyclic) bond motifs is 1. The van der Waals surface area contributed by atoms with E-state index in [2.05, 4.69) is 26.2 Å². The van der Waals surface area contributed by atoms with Crippen LogP contribution < -0.4 is 10.2 Å². The molecule has 1 N–H and O–H groups in total. The lowest BCUT2D eigenvalue weighted by molar-refractivity contribution is 0.0977. The molecule has 1 amide bonds. The predicted octanol–water partition coefficient (Wildman–Crippen LogP) is 4.40. The first-order valence-electron chi connectivity index (χ1n) is 10.6. The lowest BCUT2D eigenvalue weighted by Crippen LogP contribution is -2.41. The number of nitrogens with one attached hydrogen (secondary N) is 1. The number of amides is 1. The van der Waals surface area contributed by atoms with Gasteiger partial charge in [0, 0.05) is 49.7 Å². The lowest BCUT2D eigenvalue weighted by Gasteiger charge is -2.30. The fraction of sp³-hybridized carbons (Fsp3) is 0.417. The third kappa shape index (κ3) is 4.44. The normalized spacial score (nSPS) is 17.3. The van der Waals surface area contributed by atoms with E-state index in [0.29, 0.717) is 17.9 Å². The largest absolute Gasteiger partial charge is 0.377 e. The summed E-state index contributed by atoms with van der Waals surface area (Å²) in [7, 11) is 4.04. The molecule has 1 saturated carbocycles. The minimum atomic E-state index is -0.0989. The third-order valence-corrected chi connectivity index (χ3v) is 5.96. The molecule has 5 heteroatoms. The van der Waals surface area contributed by atoms with Crippen molar-refractivity contribution in [2.24, 2.45) is 10.9 Å². The fourth-order valence-corrected chi connectivity index (χ4v) is 4.47. The summed E-state index contributed by atoms with van der Waals surface area (Å²) in [6.45, 7) is 1.71. The molecular formula is C24H30N4O. The smallest absolute Gasteiger partial charge is 0.257 e. The Morgan fingerprint density at radius 1 is 1.10 bits per heavy atom. The molecule has 1 fully saturated rings. The van der Waals surface area contributed by atoms with Crippen LogP contribution in [0.1, 0.15) is 42.5 Å². The van der Waals surface area contributed by atoms with E-state index in [4.69, 9.17) is 0 Å². The Bertz CT molecular complexity index is 941. The standard InChI is InChI=1S/C24H30N4O/c1-27(2)22-13-12-21(19-10-6-7-11-20(19)22)24(29)26-23-17-28(15-14-25-23)16-18-8-4-3-5-9-18/h6-7,10-15,18H,3-5,8-9,16-17H2,1-2H3,(H,25,26,29). The number of hydrogen-bond acceptors (Lipinski definition) is 4. The Morgan fingerprint density at radius 2 is 1.86 bits per heavy atom. The van der Waals surface area contributed by atoms with Gasteiger partial charge in [0.05, 0.1) is 6.54 Å². The molecule has 5 nitrogen and oxygen atoms in total. The predicted molar refractivity (Wildman–Crippen MR) is 120 cm³/mol. The second kappa shape index (κ2) is 8.68. The molecule has 0 bridgehead atoms. The van der Waals surface area contributed by atoms with Crippen LogP contribution in [0.3, 0.4) is 0 Å². The zero-order valence-corrected chi connectivity index (χ0v) is 17.4. The van der Waals surface area contributed by atoms with Crippen LogP contribution in [0.2, 0.25) is 0 Å². The van der Waals surface area contributed by atoms with Crippen LogP contribution in [0.5, 0.6) is 0 Å². The number of carbonyl (C=O) groups is 1. The summed E-state index contributed by atoms with van der Waals surface area (Å²) < 4.78 is 0. The van der Waals surface area contributed by atoms with Gasteiger partial charge in [0.2, 0.25) is 0 Å². The highest BCUT2D eigenvalue weighted by atomic mass is 16.1. The summed E-state index contributed by atoms with van der Waals surface area (Å²) in [5.41, 5.74) is 1.79. The molecule has 1 heterocycles.